The molecular formula is C19H19N3OS. The Labute approximate surface area is 144 Å². The molecule has 2 aliphatic heterocycles. The molecule has 2 aliphatic rings. The molecule has 3 aromatic rings. The minimum atomic E-state index is 0.149. The third-order valence-electron chi connectivity index (χ3n) is 5.31. The van der Waals surface area contributed by atoms with Crippen molar-refractivity contribution in [3.05, 3.63) is 57.9 Å². The molecule has 0 unspecified atom stereocenters. The molecule has 1 N–H and O–H groups in total. The van der Waals surface area contributed by atoms with Crippen molar-refractivity contribution >= 4 is 28.1 Å². The van der Waals surface area contributed by atoms with E-state index in [9.17, 15) is 4.79 Å². The van der Waals surface area contributed by atoms with E-state index >= 15 is 0 Å². The molecule has 2 aromatic heterocycles. The van der Waals surface area contributed by atoms with E-state index in [2.05, 4.69) is 21.3 Å². The summed E-state index contributed by atoms with van der Waals surface area (Å²) in [5.41, 5.74) is 3.29. The van der Waals surface area contributed by atoms with Gasteiger partial charge in [-0.3, -0.25) is 9.69 Å². The largest absolute Gasteiger partial charge is 0.361 e. The average molecular weight is 337 g/mol. The van der Waals surface area contributed by atoms with Gasteiger partial charge in [-0.15, -0.1) is 11.3 Å². The van der Waals surface area contributed by atoms with Crippen molar-refractivity contribution in [2.75, 3.05) is 19.6 Å². The molecule has 24 heavy (non-hydrogen) atoms. The molecule has 1 amide bonds. The minimum Gasteiger partial charge on any atom is -0.361 e. The van der Waals surface area contributed by atoms with Gasteiger partial charge >= 0.3 is 0 Å². The van der Waals surface area contributed by atoms with Gasteiger partial charge in [0.2, 0.25) is 0 Å². The van der Waals surface area contributed by atoms with Gasteiger partial charge in [0.15, 0.2) is 0 Å². The molecular weight excluding hydrogens is 318 g/mol. The summed E-state index contributed by atoms with van der Waals surface area (Å²) >= 11 is 1.87. The SMILES string of the molecule is O=C(c1ccc2cc[nH]c2c1)N1CC(N2CCc3sccc3C2)C1. The molecule has 1 saturated heterocycles. The van der Waals surface area contributed by atoms with E-state index in [-0.39, 0.29) is 5.91 Å². The van der Waals surface area contributed by atoms with Gasteiger partial charge < -0.3 is 9.88 Å². The number of likely N-dealkylation sites (tertiary alicyclic amines) is 1. The molecule has 5 heteroatoms. The van der Waals surface area contributed by atoms with Gasteiger partial charge in [-0.05, 0) is 47.0 Å². The van der Waals surface area contributed by atoms with Crippen LogP contribution in [0, 0.1) is 0 Å². The number of carbonyl (C=O) groups is 1. The third kappa shape index (κ3) is 2.27. The van der Waals surface area contributed by atoms with E-state index in [1.54, 1.807) is 0 Å². The molecule has 1 fully saturated rings. The second-order valence-electron chi connectivity index (χ2n) is 6.73. The van der Waals surface area contributed by atoms with Gasteiger partial charge in [0.25, 0.3) is 5.91 Å². The maximum Gasteiger partial charge on any atom is 0.254 e. The first-order valence-corrected chi connectivity index (χ1v) is 9.31. The third-order valence-corrected chi connectivity index (χ3v) is 6.33. The lowest BCUT2D eigenvalue weighted by Crippen LogP contribution is -2.61. The van der Waals surface area contributed by atoms with Crippen LogP contribution in [0.2, 0.25) is 0 Å². The fourth-order valence-electron chi connectivity index (χ4n) is 3.80. The fourth-order valence-corrected chi connectivity index (χ4v) is 4.69. The molecule has 122 valence electrons. The number of aromatic amines is 1. The zero-order valence-electron chi connectivity index (χ0n) is 13.4. The number of nitrogens with zero attached hydrogens (tertiary/aromatic N) is 2. The van der Waals surface area contributed by atoms with Gasteiger partial charge in [-0.1, -0.05) is 6.07 Å². The van der Waals surface area contributed by atoms with Crippen LogP contribution in [0.5, 0.6) is 0 Å². The summed E-state index contributed by atoms with van der Waals surface area (Å²) in [6.45, 7) is 3.86. The van der Waals surface area contributed by atoms with Crippen LogP contribution in [0.15, 0.2) is 41.9 Å². The zero-order valence-corrected chi connectivity index (χ0v) is 14.2. The van der Waals surface area contributed by atoms with Crippen LogP contribution < -0.4 is 0 Å². The summed E-state index contributed by atoms with van der Waals surface area (Å²) in [5, 5.41) is 3.34. The molecule has 0 bridgehead atoms. The highest BCUT2D eigenvalue weighted by molar-refractivity contribution is 7.10. The maximum absolute atomic E-state index is 12.7. The van der Waals surface area contributed by atoms with Gasteiger partial charge in [-0.2, -0.15) is 0 Å². The Morgan fingerprint density at radius 1 is 1.21 bits per heavy atom. The predicted octanol–water partition coefficient (Wildman–Crippen LogP) is 3.11. The number of nitrogens with one attached hydrogen (secondary N) is 1. The summed E-state index contributed by atoms with van der Waals surface area (Å²) in [7, 11) is 0. The number of hydrogen-bond acceptors (Lipinski definition) is 3. The number of hydrogen-bond donors (Lipinski definition) is 1. The Morgan fingerprint density at radius 2 is 2.12 bits per heavy atom. The number of fused-ring (bicyclic) bond motifs is 2. The van der Waals surface area contributed by atoms with E-state index in [1.165, 1.54) is 10.4 Å². The average Bonchev–Trinajstić information content (AvgIpc) is 3.21. The number of thiophene rings is 1. The quantitative estimate of drug-likeness (QED) is 0.780. The van der Waals surface area contributed by atoms with E-state index in [4.69, 9.17) is 0 Å². The maximum atomic E-state index is 12.7. The van der Waals surface area contributed by atoms with Crippen LogP contribution >= 0.6 is 11.3 Å². The van der Waals surface area contributed by atoms with Crippen molar-refractivity contribution in [1.29, 1.82) is 0 Å². The Kier molecular flexibility index (Phi) is 3.24. The second kappa shape index (κ2) is 5.46. The predicted molar refractivity (Wildman–Crippen MR) is 96.4 cm³/mol. The summed E-state index contributed by atoms with van der Waals surface area (Å²) in [5.74, 6) is 0.149. The molecule has 4 nitrogen and oxygen atoms in total. The van der Waals surface area contributed by atoms with Crippen molar-refractivity contribution in [1.82, 2.24) is 14.8 Å². The highest BCUT2D eigenvalue weighted by atomic mass is 32.1. The van der Waals surface area contributed by atoms with Crippen LogP contribution in [0.25, 0.3) is 10.9 Å². The van der Waals surface area contributed by atoms with Crippen molar-refractivity contribution in [3.63, 3.8) is 0 Å². The first kappa shape index (κ1) is 14.3. The first-order chi connectivity index (χ1) is 11.8. The minimum absolute atomic E-state index is 0.149. The van der Waals surface area contributed by atoms with Crippen molar-refractivity contribution in [2.45, 2.75) is 19.0 Å². The van der Waals surface area contributed by atoms with Crippen molar-refractivity contribution in [3.8, 4) is 0 Å². The van der Waals surface area contributed by atoms with Crippen LogP contribution in [0.3, 0.4) is 0 Å². The topological polar surface area (TPSA) is 39.3 Å². The fraction of sp³-hybridized carbons (Fsp3) is 0.316. The summed E-state index contributed by atoms with van der Waals surface area (Å²) < 4.78 is 0. The van der Waals surface area contributed by atoms with E-state index < -0.39 is 0 Å². The molecule has 4 heterocycles. The van der Waals surface area contributed by atoms with E-state index in [0.717, 1.165) is 49.1 Å². The van der Waals surface area contributed by atoms with E-state index in [1.807, 2.05) is 46.7 Å². The lowest BCUT2D eigenvalue weighted by atomic mass is 10.0. The zero-order chi connectivity index (χ0) is 16.1. The van der Waals surface area contributed by atoms with Crippen LogP contribution in [-0.2, 0) is 13.0 Å². The number of benzene rings is 1. The normalized spacial score (nSPS) is 18.6. The molecule has 0 radical (unpaired) electrons. The summed E-state index contributed by atoms with van der Waals surface area (Å²) in [6.07, 6.45) is 3.06. The van der Waals surface area contributed by atoms with Crippen LogP contribution in [-0.4, -0.2) is 46.4 Å². The summed E-state index contributed by atoms with van der Waals surface area (Å²) in [4.78, 5) is 21.9. The Hall–Kier alpha value is -2.11. The molecule has 0 atom stereocenters. The number of amides is 1. The Bertz CT molecular complexity index is 906. The summed E-state index contributed by atoms with van der Waals surface area (Å²) in [6, 6.07) is 10.7. The van der Waals surface area contributed by atoms with Crippen molar-refractivity contribution < 1.29 is 4.79 Å². The molecule has 0 saturated carbocycles. The Balaban J connectivity index is 1.25. The number of aromatic nitrogens is 1. The number of carbonyl (C=O) groups excluding carboxylic acids is 1. The number of rotatable bonds is 2. The number of H-pyrrole nitrogens is 1. The standard InChI is InChI=1S/C19H19N3OS/c23-19(14-2-1-13-3-6-20-17(13)9-14)22-11-16(12-22)21-7-4-18-15(10-21)5-8-24-18/h1-3,5-6,8-9,16,20H,4,7,10-12H2. The highest BCUT2D eigenvalue weighted by Crippen LogP contribution is 2.28. The lowest BCUT2D eigenvalue weighted by molar-refractivity contribution is 0.0221. The van der Waals surface area contributed by atoms with Gasteiger partial charge in [0.05, 0.1) is 0 Å². The lowest BCUT2D eigenvalue weighted by Gasteiger charge is -2.46. The molecule has 0 spiro atoms. The van der Waals surface area contributed by atoms with Crippen molar-refractivity contribution in [2.24, 2.45) is 0 Å². The van der Waals surface area contributed by atoms with Crippen LogP contribution in [0.4, 0.5) is 0 Å². The molecule has 0 aliphatic carbocycles. The molecule has 1 aromatic carbocycles. The van der Waals surface area contributed by atoms with Crippen LogP contribution in [0.1, 0.15) is 20.8 Å². The van der Waals surface area contributed by atoms with Gasteiger partial charge in [0.1, 0.15) is 0 Å². The molecule has 5 rings (SSSR count). The first-order valence-electron chi connectivity index (χ1n) is 8.43. The Morgan fingerprint density at radius 3 is 3.04 bits per heavy atom. The van der Waals surface area contributed by atoms with Gasteiger partial charge in [0, 0.05) is 54.4 Å². The second-order valence-corrected chi connectivity index (χ2v) is 7.73. The van der Waals surface area contributed by atoms with Gasteiger partial charge in [-0.25, -0.2) is 0 Å². The highest BCUT2D eigenvalue weighted by Gasteiger charge is 2.36. The monoisotopic (exact) mass is 337 g/mol. The van der Waals surface area contributed by atoms with E-state index in [0.29, 0.717) is 6.04 Å². The smallest absolute Gasteiger partial charge is 0.254 e.